The number of rotatable bonds is 8. The summed E-state index contributed by atoms with van der Waals surface area (Å²) in [6.45, 7) is 20.5. The number of hydrogen-bond donors (Lipinski definition) is 0. The molecule has 11 aromatic rings. The number of pyridine rings is 1. The molecule has 4 heterocycles. The predicted octanol–water partition coefficient (Wildman–Crippen LogP) is 18.2. The number of nitrogens with zero attached hydrogens (tertiary/aromatic N) is 4. The van der Waals surface area contributed by atoms with Crippen LogP contribution in [0.15, 0.2) is 249 Å². The third-order valence-corrected chi connectivity index (χ3v) is 22.3. The van der Waals surface area contributed by atoms with Crippen molar-refractivity contribution in [2.45, 2.75) is 78.6 Å². The Hall–Kier alpha value is -9.23. The molecule has 0 N–H and O–H groups in total. The molecule has 84 heavy (non-hydrogen) atoms. The maximum absolute atomic E-state index is 9.43. The van der Waals surface area contributed by atoms with Gasteiger partial charge in [-0.3, -0.25) is 4.90 Å². The Morgan fingerprint density at radius 3 is 1.65 bits per heavy atom. The van der Waals surface area contributed by atoms with Gasteiger partial charge in [0.25, 0.3) is 0 Å². The zero-order valence-electron chi connectivity index (χ0n) is 54.2. The van der Waals surface area contributed by atoms with E-state index in [1.54, 1.807) is 0 Å². The zero-order chi connectivity index (χ0) is 62.1. The summed E-state index contributed by atoms with van der Waals surface area (Å²) >= 11 is 0. The number of fused-ring (bicyclic) bond motifs is 10. The van der Waals surface area contributed by atoms with Crippen molar-refractivity contribution in [1.82, 2.24) is 4.98 Å². The van der Waals surface area contributed by atoms with E-state index in [0.717, 1.165) is 67.8 Å². The van der Waals surface area contributed by atoms with Crippen LogP contribution in [0.1, 0.15) is 85.9 Å². The van der Waals surface area contributed by atoms with Gasteiger partial charge < -0.3 is 14.5 Å². The number of benzene rings is 10. The van der Waals surface area contributed by atoms with Crippen LogP contribution in [0.2, 0.25) is 0 Å². The molecular weight excluding hydrogens is 1040 g/mol. The molecule has 412 valence electrons. The first-order chi connectivity index (χ1) is 42.6. The molecule has 0 unspecified atom stereocenters. The zero-order valence-corrected chi connectivity index (χ0v) is 50.2. The summed E-state index contributed by atoms with van der Waals surface area (Å²) in [6, 6.07) is 74.3. The van der Waals surface area contributed by atoms with Gasteiger partial charge in [-0.25, -0.2) is 4.98 Å². The Bertz CT molecular complexity index is 4620. The van der Waals surface area contributed by atoms with Crippen LogP contribution in [0.25, 0.3) is 44.5 Å². The molecule has 6 heteroatoms. The molecule has 0 bridgehead atoms. The highest BCUT2D eigenvalue weighted by molar-refractivity contribution is 7.23. The summed E-state index contributed by atoms with van der Waals surface area (Å²) in [5.41, 5.74) is 16.0. The second kappa shape index (κ2) is 20.0. The Balaban J connectivity index is 0.906. The Morgan fingerprint density at radius 2 is 0.952 bits per heavy atom. The van der Waals surface area contributed by atoms with Gasteiger partial charge in [0.05, 0.1) is 29.6 Å². The second-order valence-corrected chi connectivity index (χ2v) is 29.3. The van der Waals surface area contributed by atoms with Crippen LogP contribution in [-0.4, -0.2) is 19.7 Å². The minimum Gasteiger partial charge on any atom is -0.457 e. The minimum absolute atomic E-state index is 0.0669. The first-order valence-corrected chi connectivity index (χ1v) is 31.2. The lowest BCUT2D eigenvalue weighted by atomic mass is 9.81. The molecule has 1 spiro atoms. The summed E-state index contributed by atoms with van der Waals surface area (Å²) in [4.78, 5) is 12.0. The smallest absolute Gasteiger partial charge is 0.185 e. The van der Waals surface area contributed by atoms with E-state index in [0.29, 0.717) is 23.7 Å². The van der Waals surface area contributed by atoms with Crippen molar-refractivity contribution < 1.29 is 11.6 Å². The number of hydrogen-bond acceptors (Lipinski definition) is 5. The van der Waals surface area contributed by atoms with Gasteiger partial charge >= 0.3 is 0 Å². The van der Waals surface area contributed by atoms with E-state index in [2.05, 4.69) is 253 Å². The van der Waals surface area contributed by atoms with Crippen LogP contribution in [0.5, 0.6) is 11.5 Å². The molecule has 0 aliphatic carbocycles. The van der Waals surface area contributed by atoms with Gasteiger partial charge in [0.1, 0.15) is 24.0 Å². The van der Waals surface area contributed by atoms with E-state index in [9.17, 15) is 2.74 Å². The van der Waals surface area contributed by atoms with Gasteiger partial charge in [-0.05, 0) is 142 Å². The quantitative estimate of drug-likeness (QED) is 0.142. The lowest BCUT2D eigenvalue weighted by molar-refractivity contribution is 0.483. The first-order valence-electron chi connectivity index (χ1n) is 31.7. The fraction of sp³-hybridized carbons (Fsp3) is 0.167. The molecule has 0 atom stereocenters. The summed E-state index contributed by atoms with van der Waals surface area (Å²) < 4.78 is 52.5. The first kappa shape index (κ1) is 47.3. The Morgan fingerprint density at radius 1 is 0.405 bits per heavy atom. The van der Waals surface area contributed by atoms with Crippen LogP contribution in [0.4, 0.5) is 39.9 Å². The fourth-order valence-corrected chi connectivity index (χ4v) is 18.6. The maximum atomic E-state index is 9.43. The van der Waals surface area contributed by atoms with Crippen LogP contribution in [0.3, 0.4) is 0 Å². The summed E-state index contributed by atoms with van der Waals surface area (Å²) in [5, 5.41) is 5.34. The summed E-state index contributed by atoms with van der Waals surface area (Å²) in [5.74, 6) is 2.18. The van der Waals surface area contributed by atoms with Gasteiger partial charge in [-0.2, -0.15) is 0 Å². The molecule has 0 fully saturated rings. The SMILES string of the molecule is [2H]c1c([2H])c([2H])c(-c2cccc(-c3cc(-c4cccc(C(C)(C)C)c4)cc(C(C)(C)C)c3)c2N2CN(c3cccc(Oc4ccc5c(c4)N(c4cc(C(C)(C)C)ccn4)c4ccccc4[Si]54c5ccccc5-c5ccccc54)c3)c3ccccc32)c([2H])c1[2H]. The van der Waals surface area contributed by atoms with Gasteiger partial charge in [-0.15, -0.1) is 0 Å². The molecule has 0 radical (unpaired) electrons. The van der Waals surface area contributed by atoms with Crippen molar-refractivity contribution >= 4 is 68.8 Å². The van der Waals surface area contributed by atoms with Gasteiger partial charge in [0.2, 0.25) is 0 Å². The van der Waals surface area contributed by atoms with Crippen LogP contribution < -0.4 is 40.2 Å². The average Bonchev–Trinajstić information content (AvgIpc) is 1.64. The lowest BCUT2D eigenvalue weighted by Crippen LogP contribution is -2.75. The highest BCUT2D eigenvalue weighted by Gasteiger charge is 2.54. The van der Waals surface area contributed by atoms with E-state index in [1.165, 1.54) is 43.0 Å². The molecule has 0 saturated heterocycles. The third-order valence-electron chi connectivity index (χ3n) is 17.3. The Labute approximate surface area is 504 Å². The monoisotopic (exact) mass is 1110 g/mol. The Kier molecular flexibility index (Phi) is 11.3. The standard InChI is InChI=1S/C78H70N4OSi/c1-76(2,3)56-27-21-26-53(45-56)54-44-55(47-58(46-54)78(7,8)9)63-33-23-32-62(52-24-11-10-12-25-52)75(63)81-51-80(66-34-15-16-35-67(66)81)59-28-22-29-60(49-59)83-61-40-41-73-69(50-61)82(74-48-57(42-43-79-74)77(4,5)6)68-36-17-20-39-72(68)84(73)70-37-18-13-30-64(70)65-31-14-19-38-71(65)84/h10-50H,51H2,1-9H3/i10D,11D,12D,24D,25D. The van der Waals surface area contributed by atoms with Crippen molar-refractivity contribution in [2.75, 3.05) is 21.4 Å². The normalized spacial score (nSPS) is 14.8. The molecule has 5 nitrogen and oxygen atoms in total. The molecule has 0 saturated carbocycles. The summed E-state index contributed by atoms with van der Waals surface area (Å²) in [7, 11) is -2.93. The van der Waals surface area contributed by atoms with Gasteiger partial charge in [0, 0.05) is 40.8 Å². The lowest BCUT2D eigenvalue weighted by Gasteiger charge is -2.43. The van der Waals surface area contributed by atoms with Crippen molar-refractivity contribution in [3.63, 3.8) is 0 Å². The van der Waals surface area contributed by atoms with Crippen LogP contribution in [-0.2, 0) is 16.2 Å². The van der Waals surface area contributed by atoms with Crippen molar-refractivity contribution in [3.05, 3.63) is 265 Å². The molecule has 10 aromatic carbocycles. The van der Waals surface area contributed by atoms with Crippen molar-refractivity contribution in [3.8, 4) is 56.0 Å². The number of ether oxygens (including phenoxy) is 1. The highest BCUT2D eigenvalue weighted by Crippen LogP contribution is 2.52. The molecule has 1 aromatic heterocycles. The molecule has 0 amide bonds. The van der Waals surface area contributed by atoms with Crippen molar-refractivity contribution in [1.29, 1.82) is 0 Å². The minimum atomic E-state index is -2.93. The average molecular weight is 1110 g/mol. The highest BCUT2D eigenvalue weighted by atomic mass is 28.3. The summed E-state index contributed by atoms with van der Waals surface area (Å²) in [6.07, 6.45) is 1.94. The van der Waals surface area contributed by atoms with Crippen molar-refractivity contribution in [2.24, 2.45) is 0 Å². The molecule has 3 aliphatic heterocycles. The van der Waals surface area contributed by atoms with E-state index < -0.39 is 14.1 Å². The molecule has 3 aliphatic rings. The van der Waals surface area contributed by atoms with Crippen LogP contribution >= 0.6 is 0 Å². The fourth-order valence-electron chi connectivity index (χ4n) is 13.1. The molecule has 14 rings (SSSR count). The number of para-hydroxylation sites is 4. The maximum Gasteiger partial charge on any atom is 0.185 e. The van der Waals surface area contributed by atoms with Crippen LogP contribution in [0, 0.1) is 0 Å². The van der Waals surface area contributed by atoms with E-state index in [1.807, 2.05) is 42.6 Å². The third kappa shape index (κ3) is 8.85. The number of anilines is 7. The number of aromatic nitrogens is 1. The van der Waals surface area contributed by atoms with E-state index in [-0.39, 0.29) is 46.0 Å². The topological polar surface area (TPSA) is 31.8 Å². The van der Waals surface area contributed by atoms with Gasteiger partial charge in [0.15, 0.2) is 8.07 Å². The second-order valence-electron chi connectivity index (χ2n) is 25.7. The van der Waals surface area contributed by atoms with E-state index >= 15 is 0 Å². The van der Waals surface area contributed by atoms with E-state index in [4.69, 9.17) is 13.8 Å². The molecular formula is C78H70N4OSi. The van der Waals surface area contributed by atoms with Gasteiger partial charge in [-0.1, -0.05) is 238 Å². The predicted molar refractivity (Wildman–Crippen MR) is 356 cm³/mol. The largest absolute Gasteiger partial charge is 0.457 e.